The summed E-state index contributed by atoms with van der Waals surface area (Å²) >= 11 is 0. The quantitative estimate of drug-likeness (QED) is 0.436. The van der Waals surface area contributed by atoms with E-state index in [1.165, 1.54) is 5.57 Å². The molecule has 1 aliphatic heterocycles. The predicted octanol–water partition coefficient (Wildman–Crippen LogP) is 4.14. The zero-order valence-electron chi connectivity index (χ0n) is 15.6. The Bertz CT molecular complexity index is 1360. The van der Waals surface area contributed by atoms with Crippen LogP contribution < -0.4 is 5.32 Å². The summed E-state index contributed by atoms with van der Waals surface area (Å²) in [5, 5.41) is 12.0. The molecule has 3 N–H and O–H groups in total. The van der Waals surface area contributed by atoms with Gasteiger partial charge in [-0.1, -0.05) is 18.2 Å². The Balaban J connectivity index is 1.50. The van der Waals surface area contributed by atoms with Gasteiger partial charge in [0.25, 0.3) is 0 Å². The molecule has 7 heteroatoms. The van der Waals surface area contributed by atoms with Crippen molar-refractivity contribution in [2.45, 2.75) is 6.42 Å². The van der Waals surface area contributed by atoms with Crippen LogP contribution in [0.15, 0.2) is 59.5 Å². The van der Waals surface area contributed by atoms with Crippen LogP contribution in [-0.4, -0.2) is 38.2 Å². The molecule has 0 bridgehead atoms. The molecule has 0 saturated carbocycles. The van der Waals surface area contributed by atoms with Gasteiger partial charge < -0.3 is 14.7 Å². The number of aromatic nitrogens is 5. The van der Waals surface area contributed by atoms with E-state index in [1.54, 1.807) is 12.5 Å². The number of hydrogen-bond donors (Lipinski definition) is 3. The standard InChI is InChI=1S/C22H18N6O/c1-2-15(14-6-9-29-12-14)20-17(3-1)25-22(26-20)21-16-10-18(13-4-7-23-8-5-13)24-11-19(16)27-28-21/h1-4,6,9-12,23H,5,7-8H2,(H,25,26)(H,27,28). The van der Waals surface area contributed by atoms with Gasteiger partial charge in [0.2, 0.25) is 0 Å². The number of hydrogen-bond acceptors (Lipinski definition) is 5. The highest BCUT2D eigenvalue weighted by atomic mass is 16.3. The summed E-state index contributed by atoms with van der Waals surface area (Å²) in [6.07, 6.45) is 8.44. The molecule has 0 radical (unpaired) electrons. The van der Waals surface area contributed by atoms with Crippen LogP contribution in [0.5, 0.6) is 0 Å². The smallest absolute Gasteiger partial charge is 0.159 e. The first kappa shape index (κ1) is 16.3. The maximum atomic E-state index is 5.25. The zero-order valence-corrected chi connectivity index (χ0v) is 15.6. The van der Waals surface area contributed by atoms with Gasteiger partial charge in [0.1, 0.15) is 5.69 Å². The number of rotatable bonds is 3. The molecule has 5 heterocycles. The first-order valence-electron chi connectivity index (χ1n) is 9.63. The largest absolute Gasteiger partial charge is 0.472 e. The summed E-state index contributed by atoms with van der Waals surface area (Å²) in [7, 11) is 0. The topological polar surface area (TPSA) is 95.4 Å². The molecule has 7 nitrogen and oxygen atoms in total. The number of imidazole rings is 1. The fourth-order valence-corrected chi connectivity index (χ4v) is 3.92. The predicted molar refractivity (Wildman–Crippen MR) is 112 cm³/mol. The Morgan fingerprint density at radius 1 is 1.10 bits per heavy atom. The molecule has 0 spiro atoms. The van der Waals surface area contributed by atoms with Gasteiger partial charge in [0, 0.05) is 23.1 Å². The first-order chi connectivity index (χ1) is 14.4. The molecular weight excluding hydrogens is 364 g/mol. The number of furan rings is 1. The van der Waals surface area contributed by atoms with Crippen LogP contribution in [0.4, 0.5) is 0 Å². The van der Waals surface area contributed by atoms with Crippen molar-refractivity contribution >= 4 is 27.5 Å². The van der Waals surface area contributed by atoms with Gasteiger partial charge in [0.05, 0.1) is 41.0 Å². The van der Waals surface area contributed by atoms with Gasteiger partial charge in [0.15, 0.2) is 5.82 Å². The van der Waals surface area contributed by atoms with E-state index in [9.17, 15) is 0 Å². The van der Waals surface area contributed by atoms with Crippen LogP contribution in [0.1, 0.15) is 12.1 Å². The van der Waals surface area contributed by atoms with Crippen LogP contribution in [0, 0.1) is 0 Å². The Labute approximate surface area is 165 Å². The van der Waals surface area contributed by atoms with Crippen LogP contribution in [0.25, 0.3) is 50.2 Å². The number of pyridine rings is 1. The fraction of sp³-hybridized carbons (Fsp3) is 0.136. The van der Waals surface area contributed by atoms with Crippen molar-refractivity contribution in [3.63, 3.8) is 0 Å². The lowest BCUT2D eigenvalue weighted by molar-refractivity contribution is 0.568. The number of aromatic amines is 2. The molecule has 0 unspecified atom stereocenters. The molecule has 1 aliphatic rings. The lowest BCUT2D eigenvalue weighted by Gasteiger charge is -2.13. The average Bonchev–Trinajstić information content (AvgIpc) is 3.52. The van der Waals surface area contributed by atoms with Gasteiger partial charge in [-0.3, -0.25) is 10.1 Å². The van der Waals surface area contributed by atoms with E-state index in [0.717, 1.165) is 69.8 Å². The summed E-state index contributed by atoms with van der Waals surface area (Å²) in [5.41, 5.74) is 7.86. The molecule has 29 heavy (non-hydrogen) atoms. The minimum Gasteiger partial charge on any atom is -0.472 e. The Morgan fingerprint density at radius 3 is 2.97 bits per heavy atom. The molecule has 4 aromatic heterocycles. The van der Waals surface area contributed by atoms with Gasteiger partial charge in [-0.05, 0) is 36.7 Å². The van der Waals surface area contributed by atoms with Crippen molar-refractivity contribution in [2.24, 2.45) is 0 Å². The third-order valence-electron chi connectivity index (χ3n) is 5.41. The van der Waals surface area contributed by atoms with Crippen LogP contribution in [-0.2, 0) is 0 Å². The normalized spacial score (nSPS) is 14.6. The first-order valence-corrected chi connectivity index (χ1v) is 9.63. The Hall–Kier alpha value is -3.71. The molecule has 0 atom stereocenters. The van der Waals surface area contributed by atoms with Gasteiger partial charge in [-0.2, -0.15) is 5.10 Å². The Morgan fingerprint density at radius 2 is 2.10 bits per heavy atom. The number of benzene rings is 1. The maximum Gasteiger partial charge on any atom is 0.159 e. The number of fused-ring (bicyclic) bond motifs is 2. The third kappa shape index (κ3) is 2.67. The summed E-state index contributed by atoms with van der Waals surface area (Å²) in [6, 6.07) is 10.1. The van der Waals surface area contributed by atoms with Gasteiger partial charge in [-0.15, -0.1) is 0 Å². The number of H-pyrrole nitrogens is 2. The monoisotopic (exact) mass is 382 g/mol. The van der Waals surface area contributed by atoms with Crippen molar-refractivity contribution in [3.05, 3.63) is 60.8 Å². The van der Waals surface area contributed by atoms with Crippen molar-refractivity contribution in [1.82, 2.24) is 30.5 Å². The minimum absolute atomic E-state index is 0.735. The second kappa shape index (κ2) is 6.42. The lowest BCUT2D eigenvalue weighted by atomic mass is 10.0. The van der Waals surface area contributed by atoms with E-state index >= 15 is 0 Å². The van der Waals surface area contributed by atoms with Crippen molar-refractivity contribution < 1.29 is 4.42 Å². The molecule has 142 valence electrons. The summed E-state index contributed by atoms with van der Waals surface area (Å²) in [6.45, 7) is 1.86. The molecule has 1 aromatic carbocycles. The van der Waals surface area contributed by atoms with Gasteiger partial charge >= 0.3 is 0 Å². The van der Waals surface area contributed by atoms with Crippen LogP contribution >= 0.6 is 0 Å². The summed E-state index contributed by atoms with van der Waals surface area (Å²) in [4.78, 5) is 12.9. The zero-order chi connectivity index (χ0) is 19.2. The van der Waals surface area contributed by atoms with E-state index in [4.69, 9.17) is 9.40 Å². The second-order valence-electron chi connectivity index (χ2n) is 7.17. The molecule has 0 aliphatic carbocycles. The minimum atomic E-state index is 0.735. The van der Waals surface area contributed by atoms with Crippen LogP contribution in [0.3, 0.4) is 0 Å². The highest BCUT2D eigenvalue weighted by molar-refractivity contribution is 5.97. The summed E-state index contributed by atoms with van der Waals surface area (Å²) < 4.78 is 5.25. The van der Waals surface area contributed by atoms with Crippen molar-refractivity contribution in [3.8, 4) is 22.6 Å². The summed E-state index contributed by atoms with van der Waals surface area (Å²) in [5.74, 6) is 0.735. The SMILES string of the molecule is C1=C(c2cc3c(-c4nc5c(-c6ccoc6)cccc5[nH]4)n[nH]c3cn2)CCNC1. The molecule has 0 saturated heterocycles. The van der Waals surface area contributed by atoms with E-state index in [2.05, 4.69) is 37.6 Å². The fourth-order valence-electron chi connectivity index (χ4n) is 3.92. The van der Waals surface area contributed by atoms with E-state index < -0.39 is 0 Å². The average molecular weight is 382 g/mol. The van der Waals surface area contributed by atoms with Crippen molar-refractivity contribution in [2.75, 3.05) is 13.1 Å². The second-order valence-corrected chi connectivity index (χ2v) is 7.17. The van der Waals surface area contributed by atoms with E-state index in [0.29, 0.717) is 0 Å². The highest BCUT2D eigenvalue weighted by Crippen LogP contribution is 2.32. The molecule has 0 fully saturated rings. The van der Waals surface area contributed by atoms with E-state index in [-0.39, 0.29) is 0 Å². The van der Waals surface area contributed by atoms with Crippen molar-refractivity contribution in [1.29, 1.82) is 0 Å². The van der Waals surface area contributed by atoms with Crippen LogP contribution in [0.2, 0.25) is 0 Å². The maximum absolute atomic E-state index is 5.25. The van der Waals surface area contributed by atoms with Gasteiger partial charge in [-0.25, -0.2) is 4.98 Å². The number of para-hydroxylation sites is 1. The molecule has 5 aromatic rings. The Kier molecular flexibility index (Phi) is 3.60. The molecule has 6 rings (SSSR count). The third-order valence-corrected chi connectivity index (χ3v) is 5.41. The van der Waals surface area contributed by atoms with E-state index in [1.807, 2.05) is 30.5 Å². The molecule has 0 amide bonds. The highest BCUT2D eigenvalue weighted by Gasteiger charge is 2.17. The molecular formula is C22H18N6O. The lowest BCUT2D eigenvalue weighted by Crippen LogP contribution is -2.20. The number of nitrogens with zero attached hydrogens (tertiary/aromatic N) is 3. The number of nitrogens with one attached hydrogen (secondary N) is 3.